The topological polar surface area (TPSA) is 82.2 Å². The lowest BCUT2D eigenvalue weighted by atomic mass is 9.79. The predicted octanol–water partition coefficient (Wildman–Crippen LogP) is 2.93. The molecule has 2 aromatic rings. The number of hydrogen-bond donors (Lipinski definition) is 3. The van der Waals surface area contributed by atoms with Crippen LogP contribution in [0.15, 0.2) is 29.1 Å². The number of carbonyl (C=O) groups is 1. The second kappa shape index (κ2) is 6.73. The lowest BCUT2D eigenvalue weighted by molar-refractivity contribution is -0.139. The van der Waals surface area contributed by atoms with Gasteiger partial charge in [-0.3, -0.25) is 9.59 Å². The van der Waals surface area contributed by atoms with E-state index in [0.717, 1.165) is 37.5 Å². The second-order valence-corrected chi connectivity index (χ2v) is 6.62. The van der Waals surface area contributed by atoms with E-state index in [1.54, 1.807) is 12.1 Å². The molecule has 0 radical (unpaired) electrons. The number of aromatic nitrogens is 1. The Kier molecular flexibility index (Phi) is 4.66. The smallest absolute Gasteiger partial charge is 0.305 e. The molecule has 0 unspecified atom stereocenters. The van der Waals surface area contributed by atoms with Gasteiger partial charge in [-0.2, -0.15) is 0 Å². The van der Waals surface area contributed by atoms with Crippen LogP contribution in [0.1, 0.15) is 44.1 Å². The zero-order valence-corrected chi connectivity index (χ0v) is 13.4. The van der Waals surface area contributed by atoms with Crippen molar-refractivity contribution in [1.82, 2.24) is 10.3 Å². The van der Waals surface area contributed by atoms with Crippen LogP contribution in [0.5, 0.6) is 0 Å². The van der Waals surface area contributed by atoms with Crippen molar-refractivity contribution in [2.45, 2.75) is 50.6 Å². The normalized spacial score (nSPS) is 17.0. The standard InChI is InChI=1S/C18H21FN2O3/c19-14-5-4-12-8-13(17(24)21-15(12)9-14)11-20-18(10-16(22)23)6-2-1-3-7-18/h4-5,8-9,20H,1-3,6-7,10-11H2,(H,21,24)(H,22,23). The number of carboxylic acid groups (broad SMARTS) is 1. The predicted molar refractivity (Wildman–Crippen MR) is 89.4 cm³/mol. The molecule has 3 rings (SSSR count). The molecule has 0 bridgehead atoms. The van der Waals surface area contributed by atoms with Gasteiger partial charge < -0.3 is 15.4 Å². The molecule has 5 nitrogen and oxygen atoms in total. The van der Waals surface area contributed by atoms with Crippen LogP contribution in [0, 0.1) is 5.82 Å². The van der Waals surface area contributed by atoms with Crippen molar-refractivity contribution in [3.05, 3.63) is 46.0 Å². The van der Waals surface area contributed by atoms with Gasteiger partial charge in [0.2, 0.25) is 0 Å². The fourth-order valence-corrected chi connectivity index (χ4v) is 3.57. The van der Waals surface area contributed by atoms with E-state index in [4.69, 9.17) is 0 Å². The summed E-state index contributed by atoms with van der Waals surface area (Å²) in [7, 11) is 0. The minimum absolute atomic E-state index is 0.0592. The lowest BCUT2D eigenvalue weighted by Gasteiger charge is -2.37. The van der Waals surface area contributed by atoms with Crippen LogP contribution in [0.2, 0.25) is 0 Å². The molecule has 0 atom stereocenters. The van der Waals surface area contributed by atoms with E-state index in [2.05, 4.69) is 10.3 Å². The molecule has 1 aliphatic rings. The van der Waals surface area contributed by atoms with Crippen molar-refractivity contribution < 1.29 is 14.3 Å². The van der Waals surface area contributed by atoms with Crippen LogP contribution in [-0.4, -0.2) is 21.6 Å². The quantitative estimate of drug-likeness (QED) is 0.786. The van der Waals surface area contributed by atoms with Crippen molar-refractivity contribution in [2.24, 2.45) is 0 Å². The highest BCUT2D eigenvalue weighted by Crippen LogP contribution is 2.31. The van der Waals surface area contributed by atoms with Gasteiger partial charge in [0.05, 0.1) is 11.9 Å². The van der Waals surface area contributed by atoms with Crippen molar-refractivity contribution in [1.29, 1.82) is 0 Å². The van der Waals surface area contributed by atoms with E-state index in [9.17, 15) is 19.1 Å². The molecule has 1 aliphatic carbocycles. The summed E-state index contributed by atoms with van der Waals surface area (Å²) in [6.07, 6.45) is 4.77. The van der Waals surface area contributed by atoms with Crippen LogP contribution < -0.4 is 10.9 Å². The number of carboxylic acids is 1. The SMILES string of the molecule is O=C(O)CC1(NCc2cc3ccc(F)cc3[nH]c2=O)CCCCC1. The molecule has 3 N–H and O–H groups in total. The zero-order chi connectivity index (χ0) is 17.2. The minimum Gasteiger partial charge on any atom is -0.481 e. The monoisotopic (exact) mass is 332 g/mol. The highest BCUT2D eigenvalue weighted by molar-refractivity contribution is 5.78. The van der Waals surface area contributed by atoms with E-state index < -0.39 is 17.3 Å². The minimum atomic E-state index is -0.827. The number of fused-ring (bicyclic) bond motifs is 1. The number of aliphatic carboxylic acids is 1. The Morgan fingerprint density at radius 1 is 1.25 bits per heavy atom. The number of benzene rings is 1. The summed E-state index contributed by atoms with van der Waals surface area (Å²) in [5.74, 6) is -1.22. The highest BCUT2D eigenvalue weighted by Gasteiger charge is 2.33. The number of nitrogens with one attached hydrogen (secondary N) is 2. The zero-order valence-electron chi connectivity index (χ0n) is 13.4. The van der Waals surface area contributed by atoms with Crippen molar-refractivity contribution in [3.63, 3.8) is 0 Å². The Hall–Kier alpha value is -2.21. The van der Waals surface area contributed by atoms with Crippen molar-refractivity contribution >= 4 is 16.9 Å². The molecule has 1 heterocycles. The van der Waals surface area contributed by atoms with Crippen LogP contribution in [0.4, 0.5) is 4.39 Å². The number of H-pyrrole nitrogens is 1. The molecule has 0 saturated heterocycles. The van der Waals surface area contributed by atoms with Crippen LogP contribution >= 0.6 is 0 Å². The van der Waals surface area contributed by atoms with Gasteiger partial charge in [-0.25, -0.2) is 4.39 Å². The fraction of sp³-hybridized carbons (Fsp3) is 0.444. The average Bonchev–Trinajstić information content (AvgIpc) is 2.53. The summed E-state index contributed by atoms with van der Waals surface area (Å²) in [4.78, 5) is 26.1. The number of rotatable bonds is 5. The molecule has 24 heavy (non-hydrogen) atoms. The summed E-state index contributed by atoms with van der Waals surface area (Å²) in [5.41, 5.74) is 0.266. The fourth-order valence-electron chi connectivity index (χ4n) is 3.57. The van der Waals surface area contributed by atoms with Gasteiger partial charge in [0.1, 0.15) is 5.82 Å². The first kappa shape index (κ1) is 16.6. The van der Waals surface area contributed by atoms with E-state index >= 15 is 0 Å². The molecule has 1 saturated carbocycles. The first-order valence-corrected chi connectivity index (χ1v) is 8.26. The molecule has 0 aliphatic heterocycles. The molecule has 1 aromatic heterocycles. The average molecular weight is 332 g/mol. The maximum absolute atomic E-state index is 13.2. The summed E-state index contributed by atoms with van der Waals surface area (Å²) in [6.45, 7) is 0.302. The molecule has 1 aromatic carbocycles. The lowest BCUT2D eigenvalue weighted by Crippen LogP contribution is -2.48. The molecule has 1 fully saturated rings. The van der Waals surface area contributed by atoms with Crippen molar-refractivity contribution in [2.75, 3.05) is 0 Å². The Morgan fingerprint density at radius 3 is 2.71 bits per heavy atom. The Morgan fingerprint density at radius 2 is 2.00 bits per heavy atom. The molecule has 6 heteroatoms. The number of halogens is 1. The van der Waals surface area contributed by atoms with Crippen molar-refractivity contribution in [3.8, 4) is 0 Å². The maximum Gasteiger partial charge on any atom is 0.305 e. The van der Waals surface area contributed by atoms with Gasteiger partial charge in [0, 0.05) is 17.6 Å². The Balaban J connectivity index is 1.83. The van der Waals surface area contributed by atoms with Gasteiger partial charge in [0.25, 0.3) is 5.56 Å². The molecular formula is C18H21FN2O3. The van der Waals surface area contributed by atoms with Gasteiger partial charge >= 0.3 is 5.97 Å². The largest absolute Gasteiger partial charge is 0.481 e. The number of hydrogen-bond acceptors (Lipinski definition) is 3. The summed E-state index contributed by atoms with van der Waals surface area (Å²) in [6, 6.07) is 6.00. The third-order valence-corrected chi connectivity index (χ3v) is 4.84. The highest BCUT2D eigenvalue weighted by atomic mass is 19.1. The second-order valence-electron chi connectivity index (χ2n) is 6.62. The summed E-state index contributed by atoms with van der Waals surface area (Å²) < 4.78 is 13.2. The van der Waals surface area contributed by atoms with E-state index in [1.165, 1.54) is 12.1 Å². The molecule has 0 spiro atoms. The van der Waals surface area contributed by atoms with Crippen LogP contribution in [0.25, 0.3) is 10.9 Å². The number of aromatic amines is 1. The van der Waals surface area contributed by atoms with E-state index in [-0.39, 0.29) is 12.0 Å². The Labute approximate surface area is 138 Å². The summed E-state index contributed by atoms with van der Waals surface area (Å²) in [5, 5.41) is 13.3. The third kappa shape index (κ3) is 3.64. The molecule has 0 amide bonds. The first-order valence-electron chi connectivity index (χ1n) is 8.26. The van der Waals surface area contributed by atoms with E-state index in [0.29, 0.717) is 17.6 Å². The number of pyridine rings is 1. The van der Waals surface area contributed by atoms with Gasteiger partial charge in [-0.1, -0.05) is 19.3 Å². The van der Waals surface area contributed by atoms with Gasteiger partial charge in [0.15, 0.2) is 0 Å². The van der Waals surface area contributed by atoms with Crippen LogP contribution in [0.3, 0.4) is 0 Å². The molecule has 128 valence electrons. The van der Waals surface area contributed by atoms with Gasteiger partial charge in [-0.05, 0) is 42.5 Å². The Bertz CT molecular complexity index is 810. The molecular weight excluding hydrogens is 311 g/mol. The summed E-state index contributed by atoms with van der Waals surface area (Å²) >= 11 is 0. The first-order chi connectivity index (χ1) is 11.5. The van der Waals surface area contributed by atoms with Gasteiger partial charge in [-0.15, -0.1) is 0 Å². The maximum atomic E-state index is 13.2. The van der Waals surface area contributed by atoms with Crippen LogP contribution in [-0.2, 0) is 11.3 Å². The van der Waals surface area contributed by atoms with E-state index in [1.807, 2.05) is 0 Å². The third-order valence-electron chi connectivity index (χ3n) is 4.84.